The summed E-state index contributed by atoms with van der Waals surface area (Å²) >= 11 is 6.43. The number of amides is 1. The van der Waals surface area contributed by atoms with E-state index in [0.717, 1.165) is 61.4 Å². The number of carbonyl (C=O) groups excluding carboxylic acids is 2. The molecule has 1 fully saturated rings. The van der Waals surface area contributed by atoms with Gasteiger partial charge in [0.15, 0.2) is 0 Å². The summed E-state index contributed by atoms with van der Waals surface area (Å²) < 4.78 is 29.4. The van der Waals surface area contributed by atoms with Gasteiger partial charge in [0, 0.05) is 47.9 Å². The van der Waals surface area contributed by atoms with Crippen LogP contribution in [0.3, 0.4) is 0 Å². The van der Waals surface area contributed by atoms with E-state index in [1.54, 1.807) is 13.2 Å². The molecule has 7 atom stereocenters. The number of anilines is 1. The Morgan fingerprint density at radius 1 is 1.22 bits per heavy atom. The van der Waals surface area contributed by atoms with Gasteiger partial charge >= 0.3 is 0 Å². The van der Waals surface area contributed by atoms with Gasteiger partial charge in [0.2, 0.25) is 0 Å². The molecular weight excluding hydrogens is 608 g/mol. The van der Waals surface area contributed by atoms with Crippen LogP contribution < -0.4 is 14.4 Å². The van der Waals surface area contributed by atoms with Crippen LogP contribution in [0.15, 0.2) is 48.6 Å². The lowest BCUT2D eigenvalue weighted by atomic mass is 9.63. The molecule has 7 nitrogen and oxygen atoms in total. The summed E-state index contributed by atoms with van der Waals surface area (Å²) in [5, 5.41) is 0.366. The number of rotatable bonds is 3. The number of aryl methyl sites for hydroxylation is 1. The Morgan fingerprint density at radius 3 is 2.78 bits per heavy atom. The van der Waals surface area contributed by atoms with Gasteiger partial charge < -0.3 is 19.2 Å². The third-order valence-electron chi connectivity index (χ3n) is 11.2. The zero-order valence-electron chi connectivity index (χ0n) is 26.6. The van der Waals surface area contributed by atoms with Crippen LogP contribution >= 0.6 is 11.6 Å². The van der Waals surface area contributed by atoms with Crippen LogP contribution in [0.1, 0.15) is 73.9 Å². The molecule has 1 saturated carbocycles. The molecule has 2 aliphatic carbocycles. The van der Waals surface area contributed by atoms with E-state index < -0.39 is 21.2 Å². The molecule has 242 valence electrons. The summed E-state index contributed by atoms with van der Waals surface area (Å²) in [5.41, 5.74) is 2.84. The highest BCUT2D eigenvalue weighted by Crippen LogP contribution is 2.49. The van der Waals surface area contributed by atoms with Gasteiger partial charge in [0.05, 0.1) is 27.6 Å². The molecule has 0 radical (unpaired) electrons. The highest BCUT2D eigenvalue weighted by atomic mass is 35.5. The Balaban J connectivity index is 1.46. The van der Waals surface area contributed by atoms with Crippen molar-refractivity contribution in [2.75, 3.05) is 31.7 Å². The monoisotopic (exact) mass is 652 g/mol. The first-order valence-electron chi connectivity index (χ1n) is 16.2. The molecule has 4 aliphatic rings. The van der Waals surface area contributed by atoms with E-state index in [2.05, 4.69) is 39.8 Å². The Morgan fingerprint density at radius 2 is 2.04 bits per heavy atom. The first-order chi connectivity index (χ1) is 21.5. The van der Waals surface area contributed by atoms with Gasteiger partial charge in [-0.05, 0) is 111 Å². The number of aldehydes is 1. The fourth-order valence-corrected chi connectivity index (χ4v) is 9.78. The Labute approximate surface area is 272 Å². The van der Waals surface area contributed by atoms with Gasteiger partial charge in [-0.3, -0.25) is 9.52 Å². The quantitative estimate of drug-likeness (QED) is 0.243. The average molecular weight is 653 g/mol. The Hall–Kier alpha value is -2.81. The summed E-state index contributed by atoms with van der Waals surface area (Å²) in [4.78, 5) is 28.0. The number of ether oxygens (including phenoxy) is 2. The summed E-state index contributed by atoms with van der Waals surface area (Å²) in [6, 6.07) is 11.7. The van der Waals surface area contributed by atoms with Gasteiger partial charge in [-0.25, -0.2) is 4.21 Å². The highest BCUT2D eigenvalue weighted by Gasteiger charge is 2.49. The van der Waals surface area contributed by atoms with Gasteiger partial charge in [0.25, 0.3) is 5.91 Å². The maximum absolute atomic E-state index is 13.8. The molecule has 2 bridgehead atoms. The van der Waals surface area contributed by atoms with Crippen LogP contribution in [0.4, 0.5) is 5.69 Å². The van der Waals surface area contributed by atoms with Crippen molar-refractivity contribution in [3.8, 4) is 5.75 Å². The van der Waals surface area contributed by atoms with Crippen LogP contribution in [0.2, 0.25) is 5.02 Å². The Bertz CT molecular complexity index is 1610. The first kappa shape index (κ1) is 32.1. The molecule has 2 aromatic rings. The maximum atomic E-state index is 13.8. The van der Waals surface area contributed by atoms with Gasteiger partial charge in [0.1, 0.15) is 12.0 Å². The van der Waals surface area contributed by atoms with Gasteiger partial charge in [-0.15, -0.1) is 0 Å². The third-order valence-corrected chi connectivity index (χ3v) is 13.6. The molecule has 2 aliphatic heterocycles. The van der Waals surface area contributed by atoms with Crippen molar-refractivity contribution in [1.82, 2.24) is 4.72 Å². The minimum Gasteiger partial charge on any atom is -0.490 e. The largest absolute Gasteiger partial charge is 0.490 e. The number of carbonyl (C=O) groups is 2. The summed E-state index contributed by atoms with van der Waals surface area (Å²) in [5.74, 6) is 4.69. The average Bonchev–Trinajstić information content (AvgIpc) is 3.15. The van der Waals surface area contributed by atoms with Crippen LogP contribution in [-0.4, -0.2) is 59.9 Å². The van der Waals surface area contributed by atoms with E-state index in [1.807, 2.05) is 32.0 Å². The van der Waals surface area contributed by atoms with Crippen molar-refractivity contribution < 1.29 is 23.3 Å². The number of fused-ring (bicyclic) bond motifs is 4. The molecule has 0 aromatic heterocycles. The molecule has 2 aromatic carbocycles. The minimum atomic E-state index is -2.97. The van der Waals surface area contributed by atoms with Crippen molar-refractivity contribution >= 4 is 45.1 Å². The predicted molar refractivity (Wildman–Crippen MR) is 182 cm³/mol. The molecule has 2 heterocycles. The van der Waals surface area contributed by atoms with E-state index in [1.165, 1.54) is 11.1 Å². The van der Waals surface area contributed by atoms with Crippen LogP contribution in [0, 0.1) is 17.8 Å². The van der Waals surface area contributed by atoms with Crippen LogP contribution in [-0.2, 0) is 31.1 Å². The Kier molecular flexibility index (Phi) is 8.87. The number of nitrogens with zero attached hydrogens (tertiary/aromatic N) is 1. The zero-order chi connectivity index (χ0) is 32.0. The number of methoxy groups -OCH3 is 1. The van der Waals surface area contributed by atoms with Crippen molar-refractivity contribution in [2.45, 2.75) is 75.1 Å². The highest BCUT2D eigenvalue weighted by molar-refractivity contribution is 7.99. The molecular formula is C36H45ClN2O5S. The number of hydrogen-bond donors (Lipinski definition) is 1. The molecule has 1 unspecified atom stereocenters. The fraction of sp³-hybridized carbons (Fsp3) is 0.528. The van der Waals surface area contributed by atoms with Crippen molar-refractivity contribution in [3.63, 3.8) is 0 Å². The smallest absolute Gasteiger partial charge is 0.262 e. The second-order valence-electron chi connectivity index (χ2n) is 13.7. The van der Waals surface area contributed by atoms with Crippen molar-refractivity contribution in [2.24, 2.45) is 17.8 Å². The van der Waals surface area contributed by atoms with E-state index in [4.69, 9.17) is 21.1 Å². The lowest BCUT2D eigenvalue weighted by molar-refractivity contribution is -0.120. The first-order valence-corrected chi connectivity index (χ1v) is 18.3. The van der Waals surface area contributed by atoms with Crippen molar-refractivity contribution in [1.29, 1.82) is 0 Å². The minimum absolute atomic E-state index is 0.0252. The number of allylic oxidation sites excluding steroid dienone is 1. The summed E-state index contributed by atoms with van der Waals surface area (Å²) in [6.45, 7) is 5.85. The second-order valence-corrected chi connectivity index (χ2v) is 16.6. The number of hydrogen-bond acceptors (Lipinski definition) is 6. The van der Waals surface area contributed by atoms with E-state index >= 15 is 0 Å². The lowest BCUT2D eigenvalue weighted by Crippen LogP contribution is -2.53. The van der Waals surface area contributed by atoms with E-state index in [0.29, 0.717) is 25.1 Å². The van der Waals surface area contributed by atoms with Crippen molar-refractivity contribution in [3.05, 3.63) is 70.3 Å². The van der Waals surface area contributed by atoms with Gasteiger partial charge in [-0.1, -0.05) is 36.7 Å². The van der Waals surface area contributed by atoms with Gasteiger partial charge in [-0.2, -0.15) is 0 Å². The molecule has 0 saturated heterocycles. The predicted octanol–water partition coefficient (Wildman–Crippen LogP) is 6.16. The number of halogens is 1. The molecule has 1 N–H and O–H groups in total. The topological polar surface area (TPSA) is 84.9 Å². The zero-order valence-corrected chi connectivity index (χ0v) is 28.1. The molecule has 45 heavy (non-hydrogen) atoms. The number of nitrogens with one attached hydrogen (secondary N) is 1. The third kappa shape index (κ3) is 5.94. The second kappa shape index (κ2) is 12.4. The molecule has 1 spiro atoms. The van der Waals surface area contributed by atoms with E-state index in [9.17, 15) is 13.8 Å². The molecule has 9 heteroatoms. The van der Waals surface area contributed by atoms with Crippen LogP contribution in [0.25, 0.3) is 0 Å². The fourth-order valence-electron chi connectivity index (χ4n) is 8.10. The van der Waals surface area contributed by atoms with E-state index in [-0.39, 0.29) is 34.8 Å². The molecule has 6 rings (SSSR count). The van der Waals surface area contributed by atoms with Crippen LogP contribution in [0.5, 0.6) is 5.75 Å². The summed E-state index contributed by atoms with van der Waals surface area (Å²) in [7, 11) is -1.27. The maximum Gasteiger partial charge on any atom is 0.262 e. The molecule has 1 amide bonds. The normalized spacial score (nSPS) is 35.6. The summed E-state index contributed by atoms with van der Waals surface area (Å²) in [6.07, 6.45) is 11.0. The standard InChI is InChI=1S/C36H45ClN2O5S/c1-24-7-5-16-36(43-3,17-18-40)31-12-9-28(31)21-39-22-35(15-6-8-26-19-29(37)11-13-30(26)35)23-44-33-14-10-27(20-32(33)39)34(41)38-45(4,42)25(24)2/h5,10-11,13-14,16,18-20,24-25,28,31H,4,6-9,12,15,17,21-23H2,1-3H3,(H,38,41,42)/b16-5+/t24-,25+,28-,31+,35-,36+,45?/m0/s1. The number of benzene rings is 2. The lowest BCUT2D eigenvalue weighted by Gasteiger charge is -2.50. The SMILES string of the molecule is C=S1(=O)NC(=O)c2ccc3c(c2)N(C[C@@H]2CC[C@H]2[C@@](CC=O)(OC)/C=C/C[C@H](C)[C@H]1C)C[C@@]1(CCCc2cc(Cl)ccc21)CO3.